The maximum absolute atomic E-state index is 12.3. The highest BCUT2D eigenvalue weighted by atomic mass is 16.6. The second kappa shape index (κ2) is 7.46. The van der Waals surface area contributed by atoms with Crippen molar-refractivity contribution in [3.8, 4) is 5.75 Å². The molecule has 1 amide bonds. The van der Waals surface area contributed by atoms with Gasteiger partial charge in [0.1, 0.15) is 5.75 Å². The second-order valence-electron chi connectivity index (χ2n) is 9.62. The molecular weight excluding hydrogens is 338 g/mol. The normalized spacial score (nSPS) is 34.3. The summed E-state index contributed by atoms with van der Waals surface area (Å²) in [6.45, 7) is 5.96. The molecule has 1 heterocycles. The number of carbonyl (C=O) groups is 1. The number of rotatable bonds is 2. The first kappa shape index (κ1) is 18.8. The van der Waals surface area contributed by atoms with E-state index < -0.39 is 0 Å². The van der Waals surface area contributed by atoms with Gasteiger partial charge in [-0.05, 0) is 85.8 Å². The van der Waals surface area contributed by atoms with Crippen molar-refractivity contribution >= 4 is 6.09 Å². The molecular formula is C23H33NO3. The molecule has 1 saturated heterocycles. The third-order valence-electron chi connectivity index (χ3n) is 7.10. The van der Waals surface area contributed by atoms with Gasteiger partial charge in [-0.25, -0.2) is 4.79 Å². The van der Waals surface area contributed by atoms with Crippen molar-refractivity contribution in [2.24, 2.45) is 17.8 Å². The summed E-state index contributed by atoms with van der Waals surface area (Å²) in [6.07, 6.45) is 7.42. The van der Waals surface area contributed by atoms with Crippen LogP contribution >= 0.6 is 0 Å². The molecule has 0 spiro atoms. The minimum absolute atomic E-state index is 0.249. The molecule has 1 aliphatic heterocycles. The van der Waals surface area contributed by atoms with Crippen LogP contribution in [0.3, 0.4) is 0 Å². The van der Waals surface area contributed by atoms with Gasteiger partial charge < -0.3 is 14.7 Å². The summed E-state index contributed by atoms with van der Waals surface area (Å²) in [5.74, 6) is 3.23. The zero-order chi connectivity index (χ0) is 19.0. The zero-order valence-corrected chi connectivity index (χ0v) is 16.7. The molecule has 4 rings (SSSR count). The van der Waals surface area contributed by atoms with Gasteiger partial charge in [-0.1, -0.05) is 26.0 Å². The van der Waals surface area contributed by atoms with Crippen molar-refractivity contribution in [2.45, 2.75) is 70.3 Å². The van der Waals surface area contributed by atoms with Gasteiger partial charge in [0, 0.05) is 13.1 Å². The summed E-state index contributed by atoms with van der Waals surface area (Å²) in [5, 5.41) is 9.57. The average Bonchev–Trinajstić information content (AvgIpc) is 2.61. The lowest BCUT2D eigenvalue weighted by atomic mass is 9.58. The highest BCUT2D eigenvalue weighted by Gasteiger charge is 2.41. The van der Waals surface area contributed by atoms with E-state index in [0.717, 1.165) is 17.8 Å². The first-order valence-electron chi connectivity index (χ1n) is 10.7. The predicted molar refractivity (Wildman–Crippen MR) is 106 cm³/mol. The van der Waals surface area contributed by atoms with Crippen molar-refractivity contribution in [1.82, 2.24) is 4.90 Å². The van der Waals surface area contributed by atoms with E-state index in [1.807, 2.05) is 12.1 Å². The van der Waals surface area contributed by atoms with Crippen molar-refractivity contribution in [3.05, 3.63) is 29.8 Å². The molecule has 2 unspecified atom stereocenters. The maximum Gasteiger partial charge on any atom is 0.415 e. The molecule has 27 heavy (non-hydrogen) atoms. The number of amides is 1. The molecule has 4 nitrogen and oxygen atoms in total. The number of hydrogen-bond acceptors (Lipinski definition) is 3. The van der Waals surface area contributed by atoms with Crippen LogP contribution in [0.4, 0.5) is 4.79 Å². The summed E-state index contributed by atoms with van der Waals surface area (Å²) in [6, 6.07) is 8.22. The van der Waals surface area contributed by atoms with Gasteiger partial charge >= 0.3 is 6.09 Å². The quantitative estimate of drug-likeness (QED) is 0.816. The van der Waals surface area contributed by atoms with Crippen LogP contribution in [0.15, 0.2) is 24.3 Å². The monoisotopic (exact) mass is 371 g/mol. The van der Waals surface area contributed by atoms with E-state index in [1.54, 1.807) is 4.90 Å². The number of aliphatic hydroxyl groups is 1. The lowest BCUT2D eigenvalue weighted by molar-refractivity contribution is 0.0797. The molecule has 2 bridgehead atoms. The van der Waals surface area contributed by atoms with E-state index >= 15 is 0 Å². The number of carbonyl (C=O) groups excluding carboxylic acids is 1. The first-order chi connectivity index (χ1) is 12.9. The largest absolute Gasteiger partial charge is 0.415 e. The van der Waals surface area contributed by atoms with Gasteiger partial charge in [-0.3, -0.25) is 0 Å². The Labute approximate surface area is 162 Å². The molecule has 0 aromatic heterocycles. The number of hydrogen-bond donors (Lipinski definition) is 1. The minimum atomic E-state index is -0.304. The molecule has 4 heteroatoms. The number of ether oxygens (including phenoxy) is 1. The Bertz CT molecular complexity index is 645. The van der Waals surface area contributed by atoms with Crippen LogP contribution in [-0.2, 0) is 5.41 Å². The number of likely N-dealkylation sites (tertiary alicyclic amines) is 1. The van der Waals surface area contributed by atoms with Gasteiger partial charge in [0.25, 0.3) is 0 Å². The molecule has 3 aliphatic rings. The van der Waals surface area contributed by atoms with Crippen LogP contribution in [0.5, 0.6) is 5.75 Å². The van der Waals surface area contributed by atoms with E-state index in [1.165, 1.54) is 37.7 Å². The topological polar surface area (TPSA) is 49.8 Å². The third-order valence-corrected chi connectivity index (χ3v) is 7.10. The molecule has 2 saturated carbocycles. The predicted octanol–water partition coefficient (Wildman–Crippen LogP) is 4.75. The van der Waals surface area contributed by atoms with Crippen molar-refractivity contribution in [3.63, 3.8) is 0 Å². The fraction of sp³-hybridized carbons (Fsp3) is 0.696. The fourth-order valence-corrected chi connectivity index (χ4v) is 5.96. The Kier molecular flexibility index (Phi) is 5.19. The summed E-state index contributed by atoms with van der Waals surface area (Å²) in [4.78, 5) is 14.0. The van der Waals surface area contributed by atoms with E-state index in [2.05, 4.69) is 26.0 Å². The van der Waals surface area contributed by atoms with Gasteiger partial charge in [-0.15, -0.1) is 0 Å². The molecule has 2 atom stereocenters. The van der Waals surface area contributed by atoms with Crippen LogP contribution in [-0.4, -0.2) is 35.3 Å². The Morgan fingerprint density at radius 3 is 2.26 bits per heavy atom. The number of benzene rings is 1. The van der Waals surface area contributed by atoms with Crippen LogP contribution in [0.1, 0.15) is 64.4 Å². The zero-order valence-electron chi connectivity index (χ0n) is 16.7. The SMILES string of the molecule is CC1CC2CC(C1)CC(C)(c1ccc(OC(=O)N3CCC(O)CC3)cc1)C2. The summed E-state index contributed by atoms with van der Waals surface area (Å²) in [5.41, 5.74) is 1.63. The Balaban J connectivity index is 1.39. The summed E-state index contributed by atoms with van der Waals surface area (Å²) < 4.78 is 5.56. The van der Waals surface area contributed by atoms with Crippen LogP contribution in [0, 0.1) is 17.8 Å². The smallest absolute Gasteiger partial charge is 0.410 e. The maximum atomic E-state index is 12.3. The second-order valence-corrected chi connectivity index (χ2v) is 9.62. The van der Waals surface area contributed by atoms with Gasteiger partial charge in [0.15, 0.2) is 0 Å². The van der Waals surface area contributed by atoms with Crippen LogP contribution < -0.4 is 4.74 Å². The lowest BCUT2D eigenvalue weighted by Gasteiger charge is -2.47. The van der Waals surface area contributed by atoms with Gasteiger partial charge in [0.2, 0.25) is 0 Å². The average molecular weight is 372 g/mol. The van der Waals surface area contributed by atoms with E-state index in [4.69, 9.17) is 4.74 Å². The van der Waals surface area contributed by atoms with Crippen molar-refractivity contribution in [2.75, 3.05) is 13.1 Å². The minimum Gasteiger partial charge on any atom is -0.410 e. The summed E-state index contributed by atoms with van der Waals surface area (Å²) >= 11 is 0. The first-order valence-corrected chi connectivity index (χ1v) is 10.7. The molecule has 2 aliphatic carbocycles. The van der Waals surface area contributed by atoms with E-state index in [9.17, 15) is 9.90 Å². The third kappa shape index (κ3) is 4.16. The fourth-order valence-electron chi connectivity index (χ4n) is 5.96. The van der Waals surface area contributed by atoms with E-state index in [-0.39, 0.29) is 17.6 Å². The number of piperidine rings is 1. The van der Waals surface area contributed by atoms with Crippen LogP contribution in [0.2, 0.25) is 0 Å². The van der Waals surface area contributed by atoms with Gasteiger partial charge in [0.05, 0.1) is 6.10 Å². The summed E-state index contributed by atoms with van der Waals surface area (Å²) in [7, 11) is 0. The Morgan fingerprint density at radius 2 is 1.67 bits per heavy atom. The number of fused-ring (bicyclic) bond motifs is 2. The van der Waals surface area contributed by atoms with E-state index in [0.29, 0.717) is 31.7 Å². The van der Waals surface area contributed by atoms with Crippen molar-refractivity contribution < 1.29 is 14.6 Å². The highest BCUT2D eigenvalue weighted by molar-refractivity contribution is 5.70. The van der Waals surface area contributed by atoms with Gasteiger partial charge in [-0.2, -0.15) is 0 Å². The Hall–Kier alpha value is -1.55. The number of nitrogens with zero attached hydrogens (tertiary/aromatic N) is 1. The molecule has 3 fully saturated rings. The molecule has 0 radical (unpaired) electrons. The molecule has 1 N–H and O–H groups in total. The standard InChI is InChI=1S/C23H33NO3/c1-16-11-17-13-18(12-16)15-23(2,14-17)19-3-5-21(6-4-19)27-22(26)24-9-7-20(25)8-10-24/h3-6,16-18,20,25H,7-15H2,1-2H3. The van der Waals surface area contributed by atoms with Crippen LogP contribution in [0.25, 0.3) is 0 Å². The highest BCUT2D eigenvalue weighted by Crippen LogP contribution is 2.51. The Morgan fingerprint density at radius 1 is 1.07 bits per heavy atom. The molecule has 1 aromatic carbocycles. The lowest BCUT2D eigenvalue weighted by Crippen LogP contribution is -2.41. The van der Waals surface area contributed by atoms with Crippen molar-refractivity contribution in [1.29, 1.82) is 0 Å². The molecule has 1 aromatic rings. The molecule has 148 valence electrons. The number of aliphatic hydroxyl groups excluding tert-OH is 1.